The smallest absolute Gasteiger partial charge is 0.307 e. The molecule has 0 aromatic heterocycles. The lowest BCUT2D eigenvalue weighted by molar-refractivity contribution is -0.143. The first-order valence-corrected chi connectivity index (χ1v) is 9.63. The molecule has 0 bridgehead atoms. The van der Waals surface area contributed by atoms with Gasteiger partial charge in [-0.1, -0.05) is 0 Å². The highest BCUT2D eigenvalue weighted by Gasteiger charge is 2.32. The van der Waals surface area contributed by atoms with E-state index >= 15 is 0 Å². The van der Waals surface area contributed by atoms with Gasteiger partial charge >= 0.3 is 5.97 Å². The van der Waals surface area contributed by atoms with E-state index in [1.807, 2.05) is 0 Å². The van der Waals surface area contributed by atoms with Crippen LogP contribution in [0.5, 0.6) is 5.75 Å². The molecule has 0 radical (unpaired) electrons. The van der Waals surface area contributed by atoms with E-state index in [9.17, 15) is 13.2 Å². The first-order valence-electron chi connectivity index (χ1n) is 8.19. The van der Waals surface area contributed by atoms with Crippen molar-refractivity contribution in [2.45, 2.75) is 38.0 Å². The maximum Gasteiger partial charge on any atom is 0.307 e. The van der Waals surface area contributed by atoms with E-state index < -0.39 is 10.0 Å². The summed E-state index contributed by atoms with van der Waals surface area (Å²) in [5.41, 5.74) is 0.631. The molecule has 6 nitrogen and oxygen atoms in total. The van der Waals surface area contributed by atoms with Gasteiger partial charge in [-0.2, -0.15) is 4.31 Å². The van der Waals surface area contributed by atoms with E-state index in [1.54, 1.807) is 39.2 Å². The summed E-state index contributed by atoms with van der Waals surface area (Å²) in [6.07, 6.45) is 2.13. The predicted octanol–water partition coefficient (Wildman–Crippen LogP) is 2.36. The Balaban J connectivity index is 2.20. The van der Waals surface area contributed by atoms with Gasteiger partial charge in [-0.15, -0.1) is 0 Å². The molecule has 0 aliphatic heterocycles. The number of aryl methyl sites for hydroxylation is 1. The van der Waals surface area contributed by atoms with Crippen LogP contribution in [0.25, 0.3) is 0 Å². The molecule has 1 fully saturated rings. The Bertz CT molecular complexity index is 682. The SMILES string of the molecule is CCOC(=O)CCN(CC1CC1)S(=O)(=O)c1ccc(OC)cc1C. The van der Waals surface area contributed by atoms with Gasteiger partial charge in [0.25, 0.3) is 0 Å². The van der Waals surface area contributed by atoms with Crippen molar-refractivity contribution < 1.29 is 22.7 Å². The van der Waals surface area contributed by atoms with E-state index in [-0.39, 0.29) is 23.8 Å². The maximum absolute atomic E-state index is 13.0. The monoisotopic (exact) mass is 355 g/mol. The number of methoxy groups -OCH3 is 1. The fraction of sp³-hybridized carbons (Fsp3) is 0.588. The van der Waals surface area contributed by atoms with Gasteiger partial charge in [-0.3, -0.25) is 4.79 Å². The quantitative estimate of drug-likeness (QED) is 0.636. The lowest BCUT2D eigenvalue weighted by Gasteiger charge is -2.23. The van der Waals surface area contributed by atoms with Crippen LogP contribution in [0.3, 0.4) is 0 Å². The Morgan fingerprint density at radius 2 is 2.04 bits per heavy atom. The lowest BCUT2D eigenvalue weighted by atomic mass is 10.2. The van der Waals surface area contributed by atoms with Crippen LogP contribution in [0.4, 0.5) is 0 Å². The average Bonchev–Trinajstić information content (AvgIpc) is 3.35. The zero-order valence-electron chi connectivity index (χ0n) is 14.4. The molecule has 0 N–H and O–H groups in total. The van der Waals surface area contributed by atoms with Crippen molar-refractivity contribution in [2.24, 2.45) is 5.92 Å². The average molecular weight is 355 g/mol. The number of esters is 1. The molecule has 2 rings (SSSR count). The molecule has 1 aliphatic rings. The standard InChI is InChI=1S/C17H25NO5S/c1-4-23-17(19)9-10-18(12-14-5-6-14)24(20,21)16-8-7-15(22-3)11-13(16)2/h7-8,11,14H,4-6,9-10,12H2,1-3H3. The summed E-state index contributed by atoms with van der Waals surface area (Å²) in [7, 11) is -2.11. The number of ether oxygens (including phenoxy) is 2. The molecule has 1 aromatic rings. The fourth-order valence-corrected chi connectivity index (χ4v) is 4.25. The highest BCUT2D eigenvalue weighted by atomic mass is 32.2. The number of hydrogen-bond acceptors (Lipinski definition) is 5. The van der Waals surface area contributed by atoms with Gasteiger partial charge in [0.15, 0.2) is 0 Å². The molecule has 0 unspecified atom stereocenters. The van der Waals surface area contributed by atoms with Gasteiger partial charge in [0.05, 0.1) is 25.0 Å². The molecule has 24 heavy (non-hydrogen) atoms. The van der Waals surface area contributed by atoms with Crippen molar-refractivity contribution in [3.8, 4) is 5.75 Å². The second kappa shape index (κ2) is 7.98. The Morgan fingerprint density at radius 1 is 1.33 bits per heavy atom. The molecule has 0 spiro atoms. The third kappa shape index (κ3) is 4.70. The first kappa shape index (κ1) is 18.7. The van der Waals surface area contributed by atoms with Crippen LogP contribution < -0.4 is 4.74 Å². The summed E-state index contributed by atoms with van der Waals surface area (Å²) in [5, 5.41) is 0. The minimum atomic E-state index is -3.65. The van der Waals surface area contributed by atoms with E-state index in [1.165, 1.54) is 4.31 Å². The van der Waals surface area contributed by atoms with Gasteiger partial charge in [-0.05, 0) is 56.4 Å². The van der Waals surface area contributed by atoms with Crippen molar-refractivity contribution in [1.82, 2.24) is 4.31 Å². The summed E-state index contributed by atoms with van der Waals surface area (Å²) < 4.78 is 37.5. The Kier molecular flexibility index (Phi) is 6.23. The Labute approximate surface area is 143 Å². The third-order valence-electron chi connectivity index (χ3n) is 4.03. The topological polar surface area (TPSA) is 72.9 Å². The highest BCUT2D eigenvalue weighted by molar-refractivity contribution is 7.89. The molecule has 134 valence electrons. The lowest BCUT2D eigenvalue weighted by Crippen LogP contribution is -2.35. The second-order valence-corrected chi connectivity index (χ2v) is 7.90. The van der Waals surface area contributed by atoms with Crippen molar-refractivity contribution in [2.75, 3.05) is 26.8 Å². The summed E-state index contributed by atoms with van der Waals surface area (Å²) in [5.74, 6) is 0.632. The summed E-state index contributed by atoms with van der Waals surface area (Å²) >= 11 is 0. The van der Waals surface area contributed by atoms with Crippen LogP contribution in [0, 0.1) is 12.8 Å². The van der Waals surface area contributed by atoms with Crippen LogP contribution in [0.1, 0.15) is 31.7 Å². The van der Waals surface area contributed by atoms with Gasteiger partial charge in [0, 0.05) is 13.1 Å². The molecule has 0 amide bonds. The maximum atomic E-state index is 13.0. The third-order valence-corrected chi connectivity index (χ3v) is 6.05. The number of rotatable bonds is 9. The molecule has 0 atom stereocenters. The van der Waals surface area contributed by atoms with Gasteiger partial charge in [-0.25, -0.2) is 8.42 Å². The molecule has 1 saturated carbocycles. The summed E-state index contributed by atoms with van der Waals surface area (Å²) in [4.78, 5) is 11.9. The molecule has 1 aromatic carbocycles. The van der Waals surface area contributed by atoms with Crippen LogP contribution >= 0.6 is 0 Å². The van der Waals surface area contributed by atoms with E-state index in [2.05, 4.69) is 0 Å². The van der Waals surface area contributed by atoms with Gasteiger partial charge in [0.2, 0.25) is 10.0 Å². The van der Waals surface area contributed by atoms with Crippen molar-refractivity contribution in [1.29, 1.82) is 0 Å². The van der Waals surface area contributed by atoms with Gasteiger partial charge < -0.3 is 9.47 Å². The van der Waals surface area contributed by atoms with E-state index in [0.29, 0.717) is 30.4 Å². The molecular formula is C17H25NO5S. The Hall–Kier alpha value is -1.60. The van der Waals surface area contributed by atoms with Crippen molar-refractivity contribution in [3.63, 3.8) is 0 Å². The van der Waals surface area contributed by atoms with Crippen molar-refractivity contribution >= 4 is 16.0 Å². The normalized spacial score (nSPS) is 14.7. The minimum absolute atomic E-state index is 0.0645. The van der Waals surface area contributed by atoms with Crippen LogP contribution in [-0.4, -0.2) is 45.5 Å². The van der Waals surface area contributed by atoms with Crippen LogP contribution in [-0.2, 0) is 19.6 Å². The number of sulfonamides is 1. The molecule has 1 aliphatic carbocycles. The molecule has 0 saturated heterocycles. The summed E-state index contributed by atoms with van der Waals surface area (Å²) in [6.45, 7) is 4.37. The molecule has 7 heteroatoms. The number of nitrogens with zero attached hydrogens (tertiary/aromatic N) is 1. The number of carbonyl (C=O) groups excluding carboxylic acids is 1. The van der Waals surface area contributed by atoms with Gasteiger partial charge in [0.1, 0.15) is 5.75 Å². The first-order chi connectivity index (χ1) is 11.4. The predicted molar refractivity (Wildman–Crippen MR) is 90.5 cm³/mol. The number of benzene rings is 1. The Morgan fingerprint density at radius 3 is 2.58 bits per heavy atom. The van der Waals surface area contributed by atoms with Crippen LogP contribution in [0.2, 0.25) is 0 Å². The number of hydrogen-bond donors (Lipinski definition) is 0. The number of carbonyl (C=O) groups is 1. The van der Waals surface area contributed by atoms with E-state index in [0.717, 1.165) is 12.8 Å². The fourth-order valence-electron chi connectivity index (χ4n) is 2.52. The zero-order valence-corrected chi connectivity index (χ0v) is 15.3. The highest BCUT2D eigenvalue weighted by Crippen LogP contribution is 2.32. The minimum Gasteiger partial charge on any atom is -0.497 e. The summed E-state index contributed by atoms with van der Waals surface area (Å²) in [6, 6.07) is 4.90. The van der Waals surface area contributed by atoms with Crippen molar-refractivity contribution in [3.05, 3.63) is 23.8 Å². The zero-order chi connectivity index (χ0) is 17.7. The van der Waals surface area contributed by atoms with E-state index in [4.69, 9.17) is 9.47 Å². The molecular weight excluding hydrogens is 330 g/mol. The second-order valence-electron chi connectivity index (χ2n) is 5.99. The largest absolute Gasteiger partial charge is 0.497 e. The van der Waals surface area contributed by atoms with Crippen LogP contribution in [0.15, 0.2) is 23.1 Å². The molecule has 0 heterocycles.